The molecule has 0 saturated heterocycles. The second kappa shape index (κ2) is 6.05. The van der Waals surface area contributed by atoms with Crippen molar-refractivity contribution in [2.75, 3.05) is 0 Å². The van der Waals surface area contributed by atoms with Crippen LogP contribution in [0.15, 0.2) is 23.4 Å². The third-order valence-electron chi connectivity index (χ3n) is 3.10. The van der Waals surface area contributed by atoms with Crippen molar-refractivity contribution in [2.45, 2.75) is 33.6 Å². The summed E-state index contributed by atoms with van der Waals surface area (Å²) in [4.78, 5) is 16.6. The van der Waals surface area contributed by atoms with Crippen LogP contribution in [0.5, 0.6) is 0 Å². The molecule has 0 atom stereocenters. The summed E-state index contributed by atoms with van der Waals surface area (Å²) in [6.07, 6.45) is 3.31. The molecule has 0 aromatic carbocycles. The molecule has 106 valence electrons. The molecular formula is C14H17ClN4O. The van der Waals surface area contributed by atoms with Gasteiger partial charge in [-0.3, -0.25) is 9.20 Å². The van der Waals surface area contributed by atoms with Crippen LogP contribution in [0.3, 0.4) is 0 Å². The standard InChI is InChI=1S/C14H17ClN4O/c1-4-11(5-2)17-18-14(20)13-9(3)16-12-7-6-10(15)8-19(12)13/h6-8H,4-5H2,1-3H3,(H,18,20). The van der Waals surface area contributed by atoms with Crippen molar-refractivity contribution in [2.24, 2.45) is 5.10 Å². The van der Waals surface area contributed by atoms with E-state index >= 15 is 0 Å². The van der Waals surface area contributed by atoms with Gasteiger partial charge < -0.3 is 0 Å². The van der Waals surface area contributed by atoms with Crippen molar-refractivity contribution < 1.29 is 4.79 Å². The Morgan fingerprint density at radius 3 is 2.75 bits per heavy atom. The van der Waals surface area contributed by atoms with Gasteiger partial charge in [0, 0.05) is 11.9 Å². The van der Waals surface area contributed by atoms with Gasteiger partial charge in [-0.15, -0.1) is 0 Å². The zero-order valence-electron chi connectivity index (χ0n) is 11.8. The summed E-state index contributed by atoms with van der Waals surface area (Å²) in [7, 11) is 0. The van der Waals surface area contributed by atoms with Crippen molar-refractivity contribution in [1.29, 1.82) is 0 Å². The number of hydrazone groups is 1. The summed E-state index contributed by atoms with van der Waals surface area (Å²) in [6, 6.07) is 3.52. The van der Waals surface area contributed by atoms with E-state index in [0.717, 1.165) is 18.6 Å². The number of imidazole rings is 1. The fourth-order valence-electron chi connectivity index (χ4n) is 2.00. The largest absolute Gasteiger partial charge is 0.294 e. The number of hydrogen-bond acceptors (Lipinski definition) is 3. The number of halogens is 1. The van der Waals surface area contributed by atoms with Gasteiger partial charge in [0.1, 0.15) is 11.3 Å². The number of carbonyl (C=O) groups excluding carboxylic acids is 1. The van der Waals surface area contributed by atoms with Crippen molar-refractivity contribution in [3.63, 3.8) is 0 Å². The number of aromatic nitrogens is 2. The number of nitrogens with zero attached hydrogens (tertiary/aromatic N) is 3. The third kappa shape index (κ3) is 2.82. The Kier molecular flexibility index (Phi) is 4.39. The summed E-state index contributed by atoms with van der Waals surface area (Å²) >= 11 is 5.97. The van der Waals surface area contributed by atoms with Crippen LogP contribution < -0.4 is 5.43 Å². The SMILES string of the molecule is CCC(CC)=NNC(=O)c1c(C)nc2ccc(Cl)cn12. The van der Waals surface area contributed by atoms with Crippen molar-refractivity contribution in [1.82, 2.24) is 14.8 Å². The maximum absolute atomic E-state index is 12.3. The van der Waals surface area contributed by atoms with E-state index in [0.29, 0.717) is 22.1 Å². The number of carbonyl (C=O) groups is 1. The van der Waals surface area contributed by atoms with Gasteiger partial charge in [-0.05, 0) is 31.9 Å². The van der Waals surface area contributed by atoms with Gasteiger partial charge in [-0.25, -0.2) is 10.4 Å². The predicted octanol–water partition coefficient (Wildman–Crippen LogP) is 3.20. The lowest BCUT2D eigenvalue weighted by Crippen LogP contribution is -2.22. The van der Waals surface area contributed by atoms with E-state index in [4.69, 9.17) is 11.6 Å². The number of aryl methyl sites for hydroxylation is 1. The molecule has 20 heavy (non-hydrogen) atoms. The molecule has 0 spiro atoms. The highest BCUT2D eigenvalue weighted by molar-refractivity contribution is 6.30. The minimum atomic E-state index is -0.281. The monoisotopic (exact) mass is 292 g/mol. The second-order valence-corrected chi connectivity index (χ2v) is 4.88. The summed E-state index contributed by atoms with van der Waals surface area (Å²) in [5.41, 5.74) is 5.32. The van der Waals surface area contributed by atoms with E-state index in [9.17, 15) is 4.79 Å². The minimum absolute atomic E-state index is 0.281. The number of hydrogen-bond donors (Lipinski definition) is 1. The van der Waals surface area contributed by atoms with Gasteiger partial charge >= 0.3 is 0 Å². The summed E-state index contributed by atoms with van der Waals surface area (Å²) < 4.78 is 1.68. The van der Waals surface area contributed by atoms with Gasteiger partial charge in [0.25, 0.3) is 5.91 Å². The molecule has 2 aromatic heterocycles. The highest BCUT2D eigenvalue weighted by atomic mass is 35.5. The Morgan fingerprint density at radius 2 is 2.10 bits per heavy atom. The zero-order chi connectivity index (χ0) is 14.7. The quantitative estimate of drug-likeness (QED) is 0.695. The van der Waals surface area contributed by atoms with Gasteiger partial charge in [-0.2, -0.15) is 5.10 Å². The molecule has 6 heteroatoms. The van der Waals surface area contributed by atoms with Crippen molar-refractivity contribution >= 4 is 28.9 Å². The topological polar surface area (TPSA) is 58.8 Å². The van der Waals surface area contributed by atoms with Crippen LogP contribution >= 0.6 is 11.6 Å². The molecule has 0 bridgehead atoms. The first-order chi connectivity index (χ1) is 9.56. The summed E-state index contributed by atoms with van der Waals surface area (Å²) in [5, 5.41) is 4.68. The number of amides is 1. The van der Waals surface area contributed by atoms with Crippen molar-refractivity contribution in [3.05, 3.63) is 34.7 Å². The smallest absolute Gasteiger partial charge is 0.290 e. The molecule has 2 heterocycles. The molecule has 0 aliphatic rings. The minimum Gasteiger partial charge on any atom is -0.294 e. The van der Waals surface area contributed by atoms with Crippen LogP contribution in [-0.2, 0) is 0 Å². The molecule has 1 N–H and O–H groups in total. The molecule has 1 amide bonds. The number of rotatable bonds is 4. The Morgan fingerprint density at radius 1 is 1.40 bits per heavy atom. The summed E-state index contributed by atoms with van der Waals surface area (Å²) in [6.45, 7) is 5.81. The van der Waals surface area contributed by atoms with Gasteiger partial charge in [0.2, 0.25) is 0 Å². The van der Waals surface area contributed by atoms with Crippen LogP contribution in [0.2, 0.25) is 5.02 Å². The van der Waals surface area contributed by atoms with Crippen LogP contribution in [0.1, 0.15) is 42.9 Å². The molecule has 0 radical (unpaired) electrons. The molecule has 0 aliphatic carbocycles. The number of pyridine rings is 1. The molecule has 2 aromatic rings. The fraction of sp³-hybridized carbons (Fsp3) is 0.357. The van der Waals surface area contributed by atoms with E-state index in [-0.39, 0.29) is 5.91 Å². The van der Waals surface area contributed by atoms with Gasteiger partial charge in [0.05, 0.1) is 10.7 Å². The van der Waals surface area contributed by atoms with E-state index in [1.807, 2.05) is 13.8 Å². The van der Waals surface area contributed by atoms with E-state index in [1.165, 1.54) is 0 Å². The molecular weight excluding hydrogens is 276 g/mol. The fourth-order valence-corrected chi connectivity index (χ4v) is 2.16. The molecule has 0 fully saturated rings. The Balaban J connectivity index is 2.37. The highest BCUT2D eigenvalue weighted by Gasteiger charge is 2.16. The van der Waals surface area contributed by atoms with Gasteiger partial charge in [-0.1, -0.05) is 25.4 Å². The maximum Gasteiger partial charge on any atom is 0.290 e. The first-order valence-electron chi connectivity index (χ1n) is 6.56. The zero-order valence-corrected chi connectivity index (χ0v) is 12.5. The number of fused-ring (bicyclic) bond motifs is 1. The van der Waals surface area contributed by atoms with Crippen molar-refractivity contribution in [3.8, 4) is 0 Å². The summed E-state index contributed by atoms with van der Waals surface area (Å²) in [5.74, 6) is -0.281. The van der Waals surface area contributed by atoms with E-state index < -0.39 is 0 Å². The molecule has 5 nitrogen and oxygen atoms in total. The molecule has 0 saturated carbocycles. The highest BCUT2D eigenvalue weighted by Crippen LogP contribution is 2.16. The number of nitrogens with one attached hydrogen (secondary N) is 1. The normalized spacial score (nSPS) is 10.6. The lowest BCUT2D eigenvalue weighted by atomic mass is 10.2. The van der Waals surface area contributed by atoms with Crippen LogP contribution in [0.25, 0.3) is 5.65 Å². The second-order valence-electron chi connectivity index (χ2n) is 4.45. The first kappa shape index (κ1) is 14.5. The predicted molar refractivity (Wildman–Crippen MR) is 80.4 cm³/mol. The first-order valence-corrected chi connectivity index (χ1v) is 6.94. The maximum atomic E-state index is 12.3. The lowest BCUT2D eigenvalue weighted by molar-refractivity contribution is 0.0948. The molecule has 0 aliphatic heterocycles. The van der Waals surface area contributed by atoms with Crippen LogP contribution in [0, 0.1) is 6.92 Å². The van der Waals surface area contributed by atoms with Crippen LogP contribution in [0.4, 0.5) is 0 Å². The van der Waals surface area contributed by atoms with E-state index in [1.54, 1.807) is 29.7 Å². The van der Waals surface area contributed by atoms with Gasteiger partial charge in [0.15, 0.2) is 0 Å². The third-order valence-corrected chi connectivity index (χ3v) is 3.33. The average Bonchev–Trinajstić information content (AvgIpc) is 2.75. The Hall–Kier alpha value is -1.88. The Labute approximate surface area is 122 Å². The lowest BCUT2D eigenvalue weighted by Gasteiger charge is -2.04. The van der Waals surface area contributed by atoms with E-state index in [2.05, 4.69) is 15.5 Å². The molecule has 0 unspecified atom stereocenters. The Bertz CT molecular complexity index is 669. The molecule has 2 rings (SSSR count). The van der Waals surface area contributed by atoms with Crippen LogP contribution in [-0.4, -0.2) is 21.0 Å². The average molecular weight is 293 g/mol.